The molecule has 0 aliphatic carbocycles. The molecule has 0 aliphatic heterocycles. The van der Waals surface area contributed by atoms with Crippen LogP contribution in [0.15, 0.2) is 53.4 Å². The van der Waals surface area contributed by atoms with Crippen molar-refractivity contribution in [3.05, 3.63) is 59.9 Å². The molecule has 0 aromatic heterocycles. The van der Waals surface area contributed by atoms with Gasteiger partial charge in [0.2, 0.25) is 15.9 Å². The molecule has 0 heterocycles. The van der Waals surface area contributed by atoms with Crippen molar-refractivity contribution in [2.45, 2.75) is 25.7 Å². The van der Waals surface area contributed by atoms with Crippen molar-refractivity contribution >= 4 is 27.7 Å². The van der Waals surface area contributed by atoms with E-state index in [4.69, 9.17) is 4.74 Å². The number of amides is 1. The average molecular weight is 421 g/mol. The number of carbonyl (C=O) groups is 1. The monoisotopic (exact) mass is 420 g/mol. The van der Waals surface area contributed by atoms with E-state index in [1.165, 1.54) is 46.8 Å². The van der Waals surface area contributed by atoms with E-state index in [-0.39, 0.29) is 10.6 Å². The van der Waals surface area contributed by atoms with Gasteiger partial charge in [0.1, 0.15) is 11.6 Å². The highest BCUT2D eigenvalue weighted by Crippen LogP contribution is 2.29. The fourth-order valence-corrected chi connectivity index (χ4v) is 4.20. The summed E-state index contributed by atoms with van der Waals surface area (Å²) in [7, 11) is -3.68. The summed E-state index contributed by atoms with van der Waals surface area (Å²) in [6.07, 6.45) is 2.71. The first kappa shape index (κ1) is 22.6. The van der Waals surface area contributed by atoms with E-state index in [1.54, 1.807) is 32.9 Å². The first-order valence-electron chi connectivity index (χ1n) is 9.33. The van der Waals surface area contributed by atoms with Crippen molar-refractivity contribution in [2.75, 3.05) is 25.0 Å². The number of ether oxygens (including phenoxy) is 1. The van der Waals surface area contributed by atoms with Crippen LogP contribution in [0, 0.1) is 5.82 Å². The molecule has 0 aliphatic rings. The summed E-state index contributed by atoms with van der Waals surface area (Å²) in [6, 6.07) is 10.2. The van der Waals surface area contributed by atoms with Crippen molar-refractivity contribution in [1.82, 2.24) is 4.31 Å². The van der Waals surface area contributed by atoms with Gasteiger partial charge in [-0.2, -0.15) is 4.31 Å². The zero-order valence-electron chi connectivity index (χ0n) is 16.7. The number of hydrogen-bond donors (Lipinski definition) is 1. The van der Waals surface area contributed by atoms with Crippen molar-refractivity contribution < 1.29 is 22.3 Å². The molecule has 0 atom stereocenters. The molecule has 156 valence electrons. The lowest BCUT2D eigenvalue weighted by Crippen LogP contribution is -2.30. The van der Waals surface area contributed by atoms with Gasteiger partial charge < -0.3 is 10.1 Å². The van der Waals surface area contributed by atoms with Gasteiger partial charge in [0.25, 0.3) is 0 Å². The van der Waals surface area contributed by atoms with Crippen LogP contribution in [0.1, 0.15) is 26.3 Å². The standard InChI is InChI=1S/C21H25FN2O4S/c1-4-24(5-2)29(26,27)18-11-12-20(28-6-3)19(15-18)23-21(25)13-10-16-8-7-9-17(22)14-16/h7-15H,4-6H2,1-3H3,(H,23,25)/b13-10+. The van der Waals surface area contributed by atoms with Gasteiger partial charge >= 0.3 is 0 Å². The van der Waals surface area contributed by atoms with Crippen LogP contribution in [0.3, 0.4) is 0 Å². The summed E-state index contributed by atoms with van der Waals surface area (Å²) in [5, 5.41) is 2.64. The smallest absolute Gasteiger partial charge is 0.248 e. The first-order chi connectivity index (χ1) is 13.8. The molecule has 6 nitrogen and oxygen atoms in total. The normalized spacial score (nSPS) is 11.8. The number of carbonyl (C=O) groups excluding carboxylic acids is 1. The Hall–Kier alpha value is -2.71. The maximum absolute atomic E-state index is 13.2. The predicted octanol–water partition coefficient (Wildman–Crippen LogP) is 3.91. The van der Waals surface area contributed by atoms with Crippen LogP contribution in [0.2, 0.25) is 0 Å². The lowest BCUT2D eigenvalue weighted by Gasteiger charge is -2.19. The van der Waals surface area contributed by atoms with Crippen LogP contribution in [0.4, 0.5) is 10.1 Å². The number of rotatable bonds is 9. The fraction of sp³-hybridized carbons (Fsp3) is 0.286. The minimum atomic E-state index is -3.68. The molecule has 2 rings (SSSR count). The van der Waals surface area contributed by atoms with Gasteiger partial charge in [-0.15, -0.1) is 0 Å². The molecule has 0 fully saturated rings. The Bertz CT molecular complexity index is 986. The van der Waals surface area contributed by atoms with E-state index < -0.39 is 21.7 Å². The summed E-state index contributed by atoms with van der Waals surface area (Å²) in [5.74, 6) is -0.536. The quantitative estimate of drug-likeness (QED) is 0.624. The molecule has 2 aromatic carbocycles. The van der Waals surface area contributed by atoms with Crippen LogP contribution in [0.5, 0.6) is 5.75 Å². The van der Waals surface area contributed by atoms with Gasteiger partial charge in [0, 0.05) is 19.2 Å². The molecule has 0 saturated carbocycles. The van der Waals surface area contributed by atoms with E-state index >= 15 is 0 Å². The number of nitrogens with one attached hydrogen (secondary N) is 1. The van der Waals surface area contributed by atoms with Crippen molar-refractivity contribution in [3.8, 4) is 5.75 Å². The largest absolute Gasteiger partial charge is 0.492 e. The molecule has 29 heavy (non-hydrogen) atoms. The average Bonchev–Trinajstić information content (AvgIpc) is 2.68. The first-order valence-corrected chi connectivity index (χ1v) is 10.8. The lowest BCUT2D eigenvalue weighted by atomic mass is 10.2. The molecular weight excluding hydrogens is 395 g/mol. The summed E-state index contributed by atoms with van der Waals surface area (Å²) in [5.41, 5.74) is 0.775. The molecule has 1 N–H and O–H groups in total. The van der Waals surface area contributed by atoms with Crippen LogP contribution in [-0.2, 0) is 14.8 Å². The van der Waals surface area contributed by atoms with Gasteiger partial charge in [0.15, 0.2) is 0 Å². The van der Waals surface area contributed by atoms with Gasteiger partial charge in [-0.3, -0.25) is 4.79 Å². The van der Waals surface area contributed by atoms with Crippen LogP contribution in [0.25, 0.3) is 6.08 Å². The summed E-state index contributed by atoms with van der Waals surface area (Å²) in [4.78, 5) is 12.4. The summed E-state index contributed by atoms with van der Waals surface area (Å²) < 4.78 is 45.6. The number of benzene rings is 2. The van der Waals surface area contributed by atoms with E-state index in [9.17, 15) is 17.6 Å². The summed E-state index contributed by atoms with van der Waals surface area (Å²) in [6.45, 7) is 6.33. The number of nitrogens with zero attached hydrogens (tertiary/aromatic N) is 1. The second-order valence-electron chi connectivity index (χ2n) is 6.06. The predicted molar refractivity (Wildman–Crippen MR) is 112 cm³/mol. The van der Waals surface area contributed by atoms with E-state index in [2.05, 4.69) is 5.32 Å². The highest BCUT2D eigenvalue weighted by Gasteiger charge is 2.23. The van der Waals surface area contributed by atoms with Gasteiger partial charge in [-0.25, -0.2) is 12.8 Å². The maximum atomic E-state index is 13.2. The number of halogens is 1. The summed E-state index contributed by atoms with van der Waals surface area (Å²) >= 11 is 0. The number of hydrogen-bond acceptors (Lipinski definition) is 4. The Labute approximate surface area is 171 Å². The maximum Gasteiger partial charge on any atom is 0.248 e. The molecule has 0 unspecified atom stereocenters. The Kier molecular flexibility index (Phi) is 7.92. The van der Waals surface area contributed by atoms with Crippen molar-refractivity contribution in [1.29, 1.82) is 0 Å². The lowest BCUT2D eigenvalue weighted by molar-refractivity contribution is -0.111. The molecule has 0 saturated heterocycles. The zero-order chi connectivity index (χ0) is 21.4. The third-order valence-electron chi connectivity index (χ3n) is 4.13. The van der Waals surface area contributed by atoms with E-state index in [1.807, 2.05) is 0 Å². The highest BCUT2D eigenvalue weighted by molar-refractivity contribution is 7.89. The fourth-order valence-electron chi connectivity index (χ4n) is 2.72. The minimum absolute atomic E-state index is 0.0639. The van der Waals surface area contributed by atoms with Crippen LogP contribution >= 0.6 is 0 Å². The molecule has 2 aromatic rings. The van der Waals surface area contributed by atoms with E-state index in [0.717, 1.165) is 0 Å². The molecule has 0 spiro atoms. The highest BCUT2D eigenvalue weighted by atomic mass is 32.2. The number of anilines is 1. The second-order valence-corrected chi connectivity index (χ2v) is 8.00. The van der Waals surface area contributed by atoms with Crippen molar-refractivity contribution in [3.63, 3.8) is 0 Å². The third-order valence-corrected chi connectivity index (χ3v) is 6.17. The molecule has 0 radical (unpaired) electrons. The van der Waals surface area contributed by atoms with Crippen molar-refractivity contribution in [2.24, 2.45) is 0 Å². The Balaban J connectivity index is 2.30. The number of sulfonamides is 1. The minimum Gasteiger partial charge on any atom is -0.492 e. The SMILES string of the molecule is CCOc1ccc(S(=O)(=O)N(CC)CC)cc1NC(=O)/C=C/c1cccc(F)c1. The molecule has 1 amide bonds. The molecule has 8 heteroatoms. The topological polar surface area (TPSA) is 75.7 Å². The third kappa shape index (κ3) is 5.88. The Morgan fingerprint density at radius 3 is 2.48 bits per heavy atom. The second kappa shape index (κ2) is 10.2. The van der Waals surface area contributed by atoms with Gasteiger partial charge in [-0.05, 0) is 48.9 Å². The molecule has 0 bridgehead atoms. The Morgan fingerprint density at radius 2 is 1.86 bits per heavy atom. The molecular formula is C21H25FN2O4S. The zero-order valence-corrected chi connectivity index (χ0v) is 17.5. The van der Waals surface area contributed by atoms with Gasteiger partial charge in [0.05, 0.1) is 17.2 Å². The van der Waals surface area contributed by atoms with Gasteiger partial charge in [-0.1, -0.05) is 26.0 Å². The van der Waals surface area contributed by atoms with Crippen LogP contribution in [-0.4, -0.2) is 38.3 Å². The van der Waals surface area contributed by atoms with E-state index in [0.29, 0.717) is 31.0 Å². The van der Waals surface area contributed by atoms with Crippen LogP contribution < -0.4 is 10.1 Å². The Morgan fingerprint density at radius 1 is 1.14 bits per heavy atom.